The van der Waals surface area contributed by atoms with Gasteiger partial charge in [-0.1, -0.05) is 79.9 Å². The molecular formula is C36H50N4O3. The van der Waals surface area contributed by atoms with Gasteiger partial charge in [0.2, 0.25) is 0 Å². The molecule has 2 saturated carbocycles. The highest BCUT2D eigenvalue weighted by molar-refractivity contribution is 5.75. The Balaban J connectivity index is 1.08. The van der Waals surface area contributed by atoms with Gasteiger partial charge in [0, 0.05) is 57.8 Å². The van der Waals surface area contributed by atoms with Crippen LogP contribution in [0.2, 0.25) is 0 Å². The fraction of sp³-hybridized carbons (Fsp3) is 0.611. The maximum atomic E-state index is 13.4. The summed E-state index contributed by atoms with van der Waals surface area (Å²) in [5.41, 5.74) is 2.47. The number of nitrogens with one attached hydrogen (secondary N) is 1. The van der Waals surface area contributed by atoms with Crippen LogP contribution >= 0.6 is 0 Å². The van der Waals surface area contributed by atoms with E-state index in [-0.39, 0.29) is 24.0 Å². The predicted octanol–water partition coefficient (Wildman–Crippen LogP) is 5.82. The van der Waals surface area contributed by atoms with Gasteiger partial charge in [-0.2, -0.15) is 0 Å². The molecule has 7 nitrogen and oxygen atoms in total. The summed E-state index contributed by atoms with van der Waals surface area (Å²) in [5.74, 6) is 1.03. The summed E-state index contributed by atoms with van der Waals surface area (Å²) < 4.78 is 0. The third-order valence-electron chi connectivity index (χ3n) is 10.6. The largest absolute Gasteiger partial charge is 0.480 e. The highest BCUT2D eigenvalue weighted by Crippen LogP contribution is 2.39. The molecule has 0 spiro atoms. The summed E-state index contributed by atoms with van der Waals surface area (Å²) in [4.78, 5) is 33.0. The van der Waals surface area contributed by atoms with Crippen LogP contribution in [0, 0.1) is 17.8 Å². The van der Waals surface area contributed by atoms with Gasteiger partial charge < -0.3 is 20.2 Å². The molecule has 0 aromatic heterocycles. The lowest BCUT2D eigenvalue weighted by Gasteiger charge is -2.40. The summed E-state index contributed by atoms with van der Waals surface area (Å²) in [6, 6.07) is 20.9. The molecule has 2 heterocycles. The Morgan fingerprint density at radius 2 is 1.53 bits per heavy atom. The third-order valence-corrected chi connectivity index (χ3v) is 10.6. The number of carbonyl (C=O) groups excluding carboxylic acids is 1. The van der Waals surface area contributed by atoms with Crippen molar-refractivity contribution in [1.82, 2.24) is 20.0 Å². The summed E-state index contributed by atoms with van der Waals surface area (Å²) in [6.07, 6.45) is 10.1. The van der Waals surface area contributed by atoms with Gasteiger partial charge >= 0.3 is 12.0 Å². The lowest BCUT2D eigenvalue weighted by molar-refractivity contribution is -0.145. The number of carbonyl (C=O) groups is 2. The minimum Gasteiger partial charge on any atom is -0.480 e. The first-order valence-corrected chi connectivity index (χ1v) is 16.9. The van der Waals surface area contributed by atoms with Crippen LogP contribution in [0.1, 0.15) is 74.8 Å². The summed E-state index contributed by atoms with van der Waals surface area (Å²) in [5, 5.41) is 13.6. The van der Waals surface area contributed by atoms with Crippen molar-refractivity contribution in [3.05, 3.63) is 71.8 Å². The first-order chi connectivity index (χ1) is 21.0. The van der Waals surface area contributed by atoms with Gasteiger partial charge in [-0.25, -0.2) is 4.79 Å². The maximum Gasteiger partial charge on any atom is 0.321 e. The fourth-order valence-electron chi connectivity index (χ4n) is 8.10. The summed E-state index contributed by atoms with van der Waals surface area (Å²) in [6.45, 7) is 6.08. The topological polar surface area (TPSA) is 76.1 Å². The number of urea groups is 1. The molecular weight excluding hydrogens is 536 g/mol. The minimum atomic E-state index is -0.638. The Kier molecular flexibility index (Phi) is 9.99. The minimum absolute atomic E-state index is 0.0761. The van der Waals surface area contributed by atoms with E-state index in [0.29, 0.717) is 24.3 Å². The number of aliphatic carboxylic acids is 1. The van der Waals surface area contributed by atoms with Crippen molar-refractivity contribution in [1.29, 1.82) is 0 Å². The fourth-order valence-corrected chi connectivity index (χ4v) is 8.10. The molecule has 2 aliphatic carbocycles. The van der Waals surface area contributed by atoms with E-state index in [1.807, 2.05) is 18.2 Å². The van der Waals surface area contributed by atoms with Crippen LogP contribution in [0.25, 0.3) is 0 Å². The second kappa shape index (κ2) is 14.3. The van der Waals surface area contributed by atoms with Gasteiger partial charge in [-0.05, 0) is 67.4 Å². The van der Waals surface area contributed by atoms with E-state index < -0.39 is 5.97 Å². The molecule has 2 aromatic carbocycles. The molecule has 0 unspecified atom stereocenters. The molecule has 4 aliphatic rings. The van der Waals surface area contributed by atoms with Crippen LogP contribution in [-0.4, -0.2) is 83.2 Å². The average molecular weight is 587 g/mol. The van der Waals surface area contributed by atoms with Crippen molar-refractivity contribution in [3.8, 4) is 0 Å². The normalized spacial score (nSPS) is 24.9. The number of carboxylic acids is 1. The Hall–Kier alpha value is -2.90. The van der Waals surface area contributed by atoms with E-state index >= 15 is 0 Å². The van der Waals surface area contributed by atoms with E-state index in [2.05, 4.69) is 62.5 Å². The van der Waals surface area contributed by atoms with E-state index in [0.717, 1.165) is 83.4 Å². The van der Waals surface area contributed by atoms with Crippen LogP contribution in [0.15, 0.2) is 60.7 Å². The second-order valence-electron chi connectivity index (χ2n) is 13.7. The van der Waals surface area contributed by atoms with Gasteiger partial charge in [0.1, 0.15) is 6.04 Å². The smallest absolute Gasteiger partial charge is 0.321 e. The van der Waals surface area contributed by atoms with Gasteiger partial charge in [0.05, 0.1) is 0 Å². The first-order valence-electron chi connectivity index (χ1n) is 16.9. The van der Waals surface area contributed by atoms with Crippen molar-refractivity contribution in [2.75, 3.05) is 39.3 Å². The number of hydrogen-bond donors (Lipinski definition) is 2. The standard InChI is InChI=1S/C36H50N4O3/c41-35(42)34(30-14-8-3-9-15-30)39-25-31(33(26-39)29-12-6-2-7-13-29)24-38-20-18-32(19-21-38)40(23-28-16-17-28)36(43)37-22-27-10-4-1-5-11-27/h1-2,4-7,10-13,28,30-34H,3,8-9,14-26H2,(H,37,43)(H,41,42)/t31-,33+,34+/m0/s1. The van der Waals surface area contributed by atoms with E-state index in [1.54, 1.807) is 0 Å². The molecule has 232 valence electrons. The number of rotatable bonds is 11. The highest BCUT2D eigenvalue weighted by Gasteiger charge is 2.43. The number of amides is 2. The van der Waals surface area contributed by atoms with Crippen LogP contribution in [0.4, 0.5) is 4.79 Å². The molecule has 4 fully saturated rings. The molecule has 2 aromatic rings. The maximum absolute atomic E-state index is 13.4. The van der Waals surface area contributed by atoms with Crippen molar-refractivity contribution in [2.24, 2.45) is 17.8 Å². The number of nitrogens with zero attached hydrogens (tertiary/aromatic N) is 3. The molecule has 2 saturated heterocycles. The molecule has 0 radical (unpaired) electrons. The second-order valence-corrected chi connectivity index (χ2v) is 13.7. The van der Waals surface area contributed by atoms with Crippen molar-refractivity contribution in [3.63, 3.8) is 0 Å². The molecule has 7 heteroatoms. The zero-order valence-corrected chi connectivity index (χ0v) is 25.7. The van der Waals surface area contributed by atoms with Crippen LogP contribution < -0.4 is 5.32 Å². The van der Waals surface area contributed by atoms with Gasteiger partial charge in [-0.3, -0.25) is 9.69 Å². The third kappa shape index (κ3) is 7.79. The van der Waals surface area contributed by atoms with Gasteiger partial charge in [0.15, 0.2) is 0 Å². The van der Waals surface area contributed by atoms with Crippen molar-refractivity contribution >= 4 is 12.0 Å². The molecule has 6 rings (SSSR count). The van der Waals surface area contributed by atoms with E-state index in [4.69, 9.17) is 0 Å². The molecule has 2 aliphatic heterocycles. The highest BCUT2D eigenvalue weighted by atomic mass is 16.4. The first kappa shape index (κ1) is 30.1. The zero-order chi connectivity index (χ0) is 29.6. The molecule has 3 atom stereocenters. The number of likely N-dealkylation sites (tertiary alicyclic amines) is 2. The number of piperidine rings is 1. The van der Waals surface area contributed by atoms with Crippen LogP contribution in [0.3, 0.4) is 0 Å². The molecule has 2 amide bonds. The quantitative estimate of drug-likeness (QED) is 0.347. The molecule has 2 N–H and O–H groups in total. The summed E-state index contributed by atoms with van der Waals surface area (Å²) in [7, 11) is 0. The number of benzene rings is 2. The van der Waals surface area contributed by atoms with Crippen molar-refractivity contribution < 1.29 is 14.7 Å². The number of hydrogen-bond acceptors (Lipinski definition) is 4. The zero-order valence-electron chi connectivity index (χ0n) is 25.7. The Morgan fingerprint density at radius 1 is 0.860 bits per heavy atom. The SMILES string of the molecule is O=C(O)[C@@H](C1CCCCC1)N1C[C@H](CN2CCC(N(CC3CC3)C(=O)NCc3ccccc3)CC2)[C@@H](c2ccccc2)C1. The Labute approximate surface area is 257 Å². The average Bonchev–Trinajstić information content (AvgIpc) is 3.78. The van der Waals surface area contributed by atoms with Crippen LogP contribution in [0.5, 0.6) is 0 Å². The van der Waals surface area contributed by atoms with Crippen LogP contribution in [-0.2, 0) is 11.3 Å². The van der Waals surface area contributed by atoms with E-state index in [9.17, 15) is 14.7 Å². The summed E-state index contributed by atoms with van der Waals surface area (Å²) >= 11 is 0. The number of carboxylic acid groups (broad SMARTS) is 1. The lowest BCUT2D eigenvalue weighted by Crippen LogP contribution is -2.52. The molecule has 43 heavy (non-hydrogen) atoms. The Bertz CT molecular complexity index is 1180. The van der Waals surface area contributed by atoms with Gasteiger partial charge in [-0.15, -0.1) is 0 Å². The molecule has 0 bridgehead atoms. The van der Waals surface area contributed by atoms with E-state index in [1.165, 1.54) is 24.8 Å². The Morgan fingerprint density at radius 3 is 2.19 bits per heavy atom. The predicted molar refractivity (Wildman–Crippen MR) is 170 cm³/mol. The van der Waals surface area contributed by atoms with Gasteiger partial charge in [0.25, 0.3) is 0 Å². The van der Waals surface area contributed by atoms with Crippen molar-refractivity contribution in [2.45, 2.75) is 82.3 Å². The monoisotopic (exact) mass is 586 g/mol. The lowest BCUT2D eigenvalue weighted by atomic mass is 9.83.